The number of aliphatic hydroxyl groups excluding tert-OH is 3. The van der Waals surface area contributed by atoms with Crippen molar-refractivity contribution in [3.8, 4) is 0 Å². The van der Waals surface area contributed by atoms with Gasteiger partial charge in [0.05, 0.1) is 12.2 Å². The van der Waals surface area contributed by atoms with Gasteiger partial charge in [0.2, 0.25) is 0 Å². The van der Waals surface area contributed by atoms with Crippen molar-refractivity contribution in [2.75, 3.05) is 0 Å². The molecule has 1 aliphatic rings. The Morgan fingerprint density at radius 2 is 1.58 bits per heavy atom. The molecule has 70 valence electrons. The van der Waals surface area contributed by atoms with E-state index >= 15 is 0 Å². The van der Waals surface area contributed by atoms with E-state index in [4.69, 9.17) is 5.11 Å². The highest BCUT2D eigenvalue weighted by Gasteiger charge is 2.36. The number of aliphatic hydroxyl groups is 3. The van der Waals surface area contributed by atoms with Gasteiger partial charge in [-0.1, -0.05) is 0 Å². The molecule has 0 saturated heterocycles. The van der Waals surface area contributed by atoms with Crippen LogP contribution in [-0.2, 0) is 4.79 Å². The van der Waals surface area contributed by atoms with Crippen molar-refractivity contribution in [2.24, 2.45) is 5.92 Å². The van der Waals surface area contributed by atoms with E-state index in [9.17, 15) is 15.0 Å². The maximum atomic E-state index is 10.9. The molecule has 4 heteroatoms. The number of carbonyl (C=O) groups is 1. The first-order chi connectivity index (χ1) is 5.52. The zero-order valence-corrected chi connectivity index (χ0v) is 6.97. The summed E-state index contributed by atoms with van der Waals surface area (Å²) >= 11 is 0. The molecule has 1 aliphatic carbocycles. The van der Waals surface area contributed by atoms with Crippen LogP contribution in [0, 0.1) is 5.92 Å². The summed E-state index contributed by atoms with van der Waals surface area (Å²) in [5.41, 5.74) is 0. The Morgan fingerprint density at radius 1 is 1.17 bits per heavy atom. The summed E-state index contributed by atoms with van der Waals surface area (Å²) in [5.74, 6) is -0.349. The fourth-order valence-electron chi connectivity index (χ4n) is 1.55. The number of hydrogen-bond acceptors (Lipinski definition) is 4. The third kappa shape index (κ3) is 1.83. The molecular formula is C8H14O4. The summed E-state index contributed by atoms with van der Waals surface area (Å²) in [4.78, 5) is 10.9. The van der Waals surface area contributed by atoms with Crippen LogP contribution in [0.1, 0.15) is 19.8 Å². The molecule has 1 rings (SSSR count). The topological polar surface area (TPSA) is 77.8 Å². The average molecular weight is 174 g/mol. The number of Topliss-reactive ketones (excluding diaryl/α,β-unsaturated/α-hetero) is 1. The summed E-state index contributed by atoms with van der Waals surface area (Å²) in [6.45, 7) is 1.43. The van der Waals surface area contributed by atoms with Crippen molar-refractivity contribution in [3.63, 3.8) is 0 Å². The van der Waals surface area contributed by atoms with E-state index < -0.39 is 18.3 Å². The van der Waals surface area contributed by atoms with Gasteiger partial charge in [0.15, 0.2) is 0 Å². The van der Waals surface area contributed by atoms with Gasteiger partial charge in [-0.15, -0.1) is 0 Å². The monoisotopic (exact) mass is 174 g/mol. The second kappa shape index (κ2) is 3.51. The maximum Gasteiger partial charge on any atom is 0.133 e. The van der Waals surface area contributed by atoms with Crippen LogP contribution in [0.4, 0.5) is 0 Å². The zero-order chi connectivity index (χ0) is 9.30. The highest BCUT2D eigenvalue weighted by Crippen LogP contribution is 2.25. The van der Waals surface area contributed by atoms with Crippen LogP contribution in [-0.4, -0.2) is 39.4 Å². The van der Waals surface area contributed by atoms with Crippen LogP contribution >= 0.6 is 0 Å². The molecule has 0 aliphatic heterocycles. The summed E-state index contributed by atoms with van der Waals surface area (Å²) in [5, 5.41) is 27.5. The molecule has 2 atom stereocenters. The lowest BCUT2D eigenvalue weighted by Gasteiger charge is -2.32. The van der Waals surface area contributed by atoms with Crippen LogP contribution in [0.15, 0.2) is 0 Å². The first kappa shape index (κ1) is 9.64. The van der Waals surface area contributed by atoms with Crippen LogP contribution in [0.2, 0.25) is 0 Å². The Bertz CT molecular complexity index is 168. The maximum absolute atomic E-state index is 10.9. The molecule has 0 heterocycles. The third-order valence-electron chi connectivity index (χ3n) is 2.42. The van der Waals surface area contributed by atoms with E-state index in [1.54, 1.807) is 0 Å². The number of hydrogen-bond donors (Lipinski definition) is 3. The molecule has 0 aromatic rings. The summed E-state index contributed by atoms with van der Waals surface area (Å²) in [6.07, 6.45) is -2.52. The molecule has 0 aromatic heterocycles. The largest absolute Gasteiger partial charge is 0.390 e. The van der Waals surface area contributed by atoms with E-state index in [0.717, 1.165) is 0 Å². The minimum absolute atomic E-state index is 0.0417. The second-order valence-electron chi connectivity index (χ2n) is 3.40. The smallest absolute Gasteiger partial charge is 0.133 e. The van der Waals surface area contributed by atoms with Crippen molar-refractivity contribution in [3.05, 3.63) is 0 Å². The molecule has 0 spiro atoms. The van der Waals surface area contributed by atoms with Crippen LogP contribution in [0.3, 0.4) is 0 Å². The lowest BCUT2D eigenvalue weighted by Crippen LogP contribution is -2.45. The Morgan fingerprint density at radius 3 is 1.92 bits per heavy atom. The van der Waals surface area contributed by atoms with Gasteiger partial charge in [-0.05, 0) is 19.8 Å². The molecule has 0 amide bonds. The molecule has 0 radical (unpaired) electrons. The number of carbonyl (C=O) groups excluding carboxylic acids is 1. The minimum Gasteiger partial charge on any atom is -0.390 e. The number of ketones is 1. The Balaban J connectivity index is 2.59. The molecule has 1 saturated carbocycles. The Labute approximate surface area is 70.8 Å². The van der Waals surface area contributed by atoms with Gasteiger partial charge in [-0.25, -0.2) is 0 Å². The quantitative estimate of drug-likeness (QED) is 0.480. The van der Waals surface area contributed by atoms with Crippen LogP contribution in [0.5, 0.6) is 0 Å². The minimum atomic E-state index is -1.10. The first-order valence-electron chi connectivity index (χ1n) is 4.07. The van der Waals surface area contributed by atoms with E-state index in [1.165, 1.54) is 6.92 Å². The van der Waals surface area contributed by atoms with Crippen molar-refractivity contribution in [1.82, 2.24) is 0 Å². The van der Waals surface area contributed by atoms with Crippen molar-refractivity contribution in [1.29, 1.82) is 0 Å². The van der Waals surface area contributed by atoms with Gasteiger partial charge in [0.1, 0.15) is 11.9 Å². The summed E-state index contributed by atoms with van der Waals surface area (Å²) < 4.78 is 0. The highest BCUT2D eigenvalue weighted by molar-refractivity contribution is 5.78. The van der Waals surface area contributed by atoms with E-state index in [0.29, 0.717) is 0 Å². The van der Waals surface area contributed by atoms with E-state index in [-0.39, 0.29) is 24.5 Å². The predicted octanol–water partition coefficient (Wildman–Crippen LogP) is -0.932. The molecule has 12 heavy (non-hydrogen) atoms. The van der Waals surface area contributed by atoms with Gasteiger partial charge in [-0.2, -0.15) is 0 Å². The molecule has 2 unspecified atom stereocenters. The Kier molecular flexibility index (Phi) is 2.82. The summed E-state index contributed by atoms with van der Waals surface area (Å²) in [6, 6.07) is 0. The van der Waals surface area contributed by atoms with Crippen molar-refractivity contribution >= 4 is 5.78 Å². The van der Waals surface area contributed by atoms with Crippen LogP contribution in [0.25, 0.3) is 0 Å². The normalized spacial score (nSPS) is 42.7. The van der Waals surface area contributed by atoms with E-state index in [2.05, 4.69) is 0 Å². The SMILES string of the molecule is CC(=O)C1CC(O)C(O)C(O)C1. The predicted molar refractivity (Wildman–Crippen MR) is 41.4 cm³/mol. The first-order valence-corrected chi connectivity index (χ1v) is 4.07. The van der Waals surface area contributed by atoms with Gasteiger partial charge in [0, 0.05) is 5.92 Å². The molecule has 3 N–H and O–H groups in total. The standard InChI is InChI=1S/C8H14O4/c1-4(9)5-2-6(10)8(12)7(11)3-5/h5-8,10-12H,2-3H2,1H3. The molecular weight excluding hydrogens is 160 g/mol. The lowest BCUT2D eigenvalue weighted by atomic mass is 9.81. The van der Waals surface area contributed by atoms with Gasteiger partial charge < -0.3 is 15.3 Å². The highest BCUT2D eigenvalue weighted by atomic mass is 16.4. The van der Waals surface area contributed by atoms with Gasteiger partial charge in [0.25, 0.3) is 0 Å². The fourth-order valence-corrected chi connectivity index (χ4v) is 1.55. The lowest BCUT2D eigenvalue weighted by molar-refractivity contribution is -0.134. The fraction of sp³-hybridized carbons (Fsp3) is 0.875. The van der Waals surface area contributed by atoms with Gasteiger partial charge in [-0.3, -0.25) is 4.79 Å². The molecule has 4 nitrogen and oxygen atoms in total. The molecule has 0 aromatic carbocycles. The van der Waals surface area contributed by atoms with E-state index in [1.807, 2.05) is 0 Å². The Hall–Kier alpha value is -0.450. The molecule has 1 fully saturated rings. The number of rotatable bonds is 1. The second-order valence-corrected chi connectivity index (χ2v) is 3.40. The summed E-state index contributed by atoms with van der Waals surface area (Å²) in [7, 11) is 0. The van der Waals surface area contributed by atoms with Crippen molar-refractivity contribution < 1.29 is 20.1 Å². The van der Waals surface area contributed by atoms with Crippen molar-refractivity contribution in [2.45, 2.75) is 38.1 Å². The van der Waals surface area contributed by atoms with Crippen LogP contribution < -0.4 is 0 Å². The zero-order valence-electron chi connectivity index (χ0n) is 6.97. The van der Waals surface area contributed by atoms with Gasteiger partial charge >= 0.3 is 0 Å². The average Bonchev–Trinajstić information content (AvgIpc) is 1.99. The third-order valence-corrected chi connectivity index (χ3v) is 2.42. The molecule has 0 bridgehead atoms.